The van der Waals surface area contributed by atoms with Gasteiger partial charge in [0.15, 0.2) is 0 Å². The summed E-state index contributed by atoms with van der Waals surface area (Å²) >= 11 is 0. The van der Waals surface area contributed by atoms with Crippen LogP contribution < -0.4 is 10.6 Å². The van der Waals surface area contributed by atoms with E-state index in [9.17, 15) is 35.9 Å². The molecular weight excluding hydrogens is 478 g/mol. The number of halogens is 6. The van der Waals surface area contributed by atoms with E-state index in [-0.39, 0.29) is 24.4 Å². The van der Waals surface area contributed by atoms with Crippen LogP contribution in [0.2, 0.25) is 0 Å². The molecule has 1 unspecified atom stereocenters. The van der Waals surface area contributed by atoms with Crippen LogP contribution in [0.5, 0.6) is 0 Å². The van der Waals surface area contributed by atoms with Crippen LogP contribution in [0.25, 0.3) is 0 Å². The van der Waals surface area contributed by atoms with Crippen molar-refractivity contribution in [2.75, 3.05) is 24.3 Å². The molecule has 3 rings (SSSR count). The lowest BCUT2D eigenvalue weighted by Gasteiger charge is -2.26. The van der Waals surface area contributed by atoms with Gasteiger partial charge < -0.3 is 15.4 Å². The van der Waals surface area contributed by atoms with Crippen LogP contribution in [-0.4, -0.2) is 25.5 Å². The molecule has 0 aromatic heterocycles. The van der Waals surface area contributed by atoms with Crippen molar-refractivity contribution in [3.8, 4) is 0 Å². The molecule has 2 N–H and O–H groups in total. The average molecular weight is 504 g/mol. The van der Waals surface area contributed by atoms with Crippen LogP contribution in [0.3, 0.4) is 0 Å². The summed E-state index contributed by atoms with van der Waals surface area (Å²) in [5.41, 5.74) is 3.89. The van der Waals surface area contributed by atoms with Crippen LogP contribution >= 0.6 is 0 Å². The number of hydrogen-bond donors (Lipinski definition) is 1. The van der Waals surface area contributed by atoms with Gasteiger partial charge in [-0.05, 0) is 49.6 Å². The molecule has 192 valence electrons. The van der Waals surface area contributed by atoms with Crippen molar-refractivity contribution < 1.29 is 40.7 Å². The van der Waals surface area contributed by atoms with Crippen LogP contribution in [0.1, 0.15) is 42.0 Å². The third kappa shape index (κ3) is 6.26. The Kier molecular flexibility index (Phi) is 8.14. The van der Waals surface area contributed by atoms with Gasteiger partial charge in [0.1, 0.15) is 0 Å². The SMILES string of the molecule is CCC1(C(=O)OC)CC(=O)N(c2c(C)cccc2C)C1.Nc1cc(C(F)(F)F)cc(C(F)(F)F)c1. The fraction of sp³-hybridized carbons (Fsp3) is 0.417. The quantitative estimate of drug-likeness (QED) is 0.320. The summed E-state index contributed by atoms with van der Waals surface area (Å²) in [6.45, 7) is 6.30. The Hall–Kier alpha value is -3.24. The number of nitrogens with two attached hydrogens (primary N) is 1. The van der Waals surface area contributed by atoms with Gasteiger partial charge in [0.25, 0.3) is 0 Å². The van der Waals surface area contributed by atoms with Gasteiger partial charge in [0.05, 0.1) is 23.7 Å². The van der Waals surface area contributed by atoms with Gasteiger partial charge in [-0.1, -0.05) is 25.1 Å². The Morgan fingerprint density at radius 3 is 1.91 bits per heavy atom. The lowest BCUT2D eigenvalue weighted by atomic mass is 9.84. The van der Waals surface area contributed by atoms with E-state index in [2.05, 4.69) is 0 Å². The van der Waals surface area contributed by atoms with Crippen LogP contribution in [-0.2, 0) is 26.7 Å². The minimum Gasteiger partial charge on any atom is -0.469 e. The Morgan fingerprint density at radius 2 is 1.51 bits per heavy atom. The molecule has 0 radical (unpaired) electrons. The highest BCUT2D eigenvalue weighted by Gasteiger charge is 2.49. The molecule has 0 saturated carbocycles. The number of aryl methyl sites for hydroxylation is 2. The molecule has 0 spiro atoms. The maximum absolute atomic E-state index is 12.4. The molecule has 0 aliphatic carbocycles. The summed E-state index contributed by atoms with van der Waals surface area (Å²) in [6, 6.07) is 6.88. The number of hydrogen-bond acceptors (Lipinski definition) is 4. The maximum Gasteiger partial charge on any atom is 0.416 e. The van der Waals surface area contributed by atoms with E-state index in [0.29, 0.717) is 25.1 Å². The topological polar surface area (TPSA) is 72.6 Å². The molecule has 35 heavy (non-hydrogen) atoms. The normalized spacial score (nSPS) is 18.2. The summed E-state index contributed by atoms with van der Waals surface area (Å²) in [7, 11) is 1.38. The third-order valence-corrected chi connectivity index (χ3v) is 5.87. The standard InChI is InChI=1S/C16H21NO3.C8H5F6N/c1-5-16(15(19)20-4)9-13(18)17(10-16)14-11(2)7-6-8-12(14)3;9-7(10,11)4-1-5(8(12,13)14)3-6(15)2-4/h6-8H,5,9-10H2,1-4H3;1-3H,15H2. The number of carbonyl (C=O) groups excluding carboxylic acids is 2. The van der Waals surface area contributed by atoms with Gasteiger partial charge >= 0.3 is 18.3 Å². The molecule has 1 aliphatic rings. The maximum atomic E-state index is 12.4. The molecule has 5 nitrogen and oxygen atoms in total. The average Bonchev–Trinajstić information content (AvgIpc) is 3.09. The van der Waals surface area contributed by atoms with Crippen molar-refractivity contribution in [3.63, 3.8) is 0 Å². The summed E-state index contributed by atoms with van der Waals surface area (Å²) in [5.74, 6) is -0.295. The molecule has 1 heterocycles. The molecule has 1 atom stereocenters. The summed E-state index contributed by atoms with van der Waals surface area (Å²) in [4.78, 5) is 26.2. The largest absolute Gasteiger partial charge is 0.469 e. The van der Waals surface area contributed by atoms with Crippen LogP contribution in [0.15, 0.2) is 36.4 Å². The number of ether oxygens (including phenoxy) is 1. The van der Waals surface area contributed by atoms with Crippen molar-refractivity contribution in [3.05, 3.63) is 58.7 Å². The molecule has 1 amide bonds. The third-order valence-electron chi connectivity index (χ3n) is 5.87. The predicted molar refractivity (Wildman–Crippen MR) is 118 cm³/mol. The Bertz CT molecular complexity index is 1050. The molecule has 1 saturated heterocycles. The van der Waals surface area contributed by atoms with Crippen LogP contribution in [0.4, 0.5) is 37.7 Å². The number of nitrogens with zero attached hydrogens (tertiary/aromatic N) is 1. The first-order valence-corrected chi connectivity index (χ1v) is 10.6. The van der Waals surface area contributed by atoms with Gasteiger partial charge in [-0.2, -0.15) is 26.3 Å². The Balaban J connectivity index is 0.000000258. The molecule has 1 fully saturated rings. The van der Waals surface area contributed by atoms with E-state index in [1.807, 2.05) is 39.0 Å². The van der Waals surface area contributed by atoms with E-state index in [1.54, 1.807) is 4.90 Å². The zero-order valence-corrected chi connectivity index (χ0v) is 19.6. The minimum atomic E-state index is -4.84. The Morgan fingerprint density at radius 1 is 1.03 bits per heavy atom. The number of esters is 1. The van der Waals surface area contributed by atoms with Gasteiger partial charge in [0.2, 0.25) is 5.91 Å². The molecular formula is C24H26F6N2O3. The lowest BCUT2D eigenvalue weighted by Crippen LogP contribution is -2.35. The van der Waals surface area contributed by atoms with E-state index in [0.717, 1.165) is 16.8 Å². The van der Waals surface area contributed by atoms with Crippen molar-refractivity contribution in [1.29, 1.82) is 0 Å². The zero-order chi connectivity index (χ0) is 26.8. The second-order valence-corrected chi connectivity index (χ2v) is 8.36. The first-order chi connectivity index (χ1) is 16.1. The number of methoxy groups -OCH3 is 1. The smallest absolute Gasteiger partial charge is 0.416 e. The highest BCUT2D eigenvalue weighted by molar-refractivity contribution is 6.02. The summed E-state index contributed by atoms with van der Waals surface area (Å²) < 4.78 is 77.6. The monoisotopic (exact) mass is 504 g/mol. The minimum absolute atomic E-state index is 0.00495. The highest BCUT2D eigenvalue weighted by Crippen LogP contribution is 2.40. The van der Waals surface area contributed by atoms with Crippen molar-refractivity contribution in [2.45, 2.75) is 46.0 Å². The van der Waals surface area contributed by atoms with E-state index in [4.69, 9.17) is 10.5 Å². The molecule has 2 aromatic rings. The fourth-order valence-electron chi connectivity index (χ4n) is 3.98. The number of carbonyl (C=O) groups is 2. The molecule has 1 aliphatic heterocycles. The van der Waals surface area contributed by atoms with E-state index < -0.39 is 34.6 Å². The van der Waals surface area contributed by atoms with E-state index >= 15 is 0 Å². The Labute approximate surface area is 198 Å². The van der Waals surface area contributed by atoms with Crippen molar-refractivity contribution in [2.24, 2.45) is 5.41 Å². The molecule has 11 heteroatoms. The number of rotatable bonds is 3. The first-order valence-electron chi connectivity index (χ1n) is 10.6. The summed E-state index contributed by atoms with van der Waals surface area (Å²) in [6.07, 6.45) is -8.85. The van der Waals surface area contributed by atoms with Gasteiger partial charge in [-0.15, -0.1) is 0 Å². The number of para-hydroxylation sites is 1. The molecule has 0 bridgehead atoms. The highest BCUT2D eigenvalue weighted by atomic mass is 19.4. The van der Waals surface area contributed by atoms with Gasteiger partial charge in [-0.25, -0.2) is 0 Å². The van der Waals surface area contributed by atoms with Crippen LogP contribution in [0, 0.1) is 19.3 Å². The van der Waals surface area contributed by atoms with E-state index in [1.165, 1.54) is 7.11 Å². The molecule has 2 aromatic carbocycles. The predicted octanol–water partition coefficient (Wildman–Crippen LogP) is 5.92. The van der Waals surface area contributed by atoms with Gasteiger partial charge in [-0.3, -0.25) is 9.59 Å². The number of anilines is 2. The number of nitrogen functional groups attached to an aromatic ring is 1. The van der Waals surface area contributed by atoms with Crippen molar-refractivity contribution in [1.82, 2.24) is 0 Å². The second kappa shape index (κ2) is 10.2. The zero-order valence-electron chi connectivity index (χ0n) is 19.6. The summed E-state index contributed by atoms with van der Waals surface area (Å²) in [5, 5.41) is 0. The number of benzene rings is 2. The second-order valence-electron chi connectivity index (χ2n) is 8.36. The number of amides is 1. The van der Waals surface area contributed by atoms with Gasteiger partial charge in [0, 0.05) is 24.3 Å². The van der Waals surface area contributed by atoms with Crippen molar-refractivity contribution >= 4 is 23.3 Å². The fourth-order valence-corrected chi connectivity index (χ4v) is 3.98. The lowest BCUT2D eigenvalue weighted by molar-refractivity contribution is -0.152. The first kappa shape index (κ1) is 28.0. The number of alkyl halides is 6.